The molecule has 1 aromatic rings. The van der Waals surface area contributed by atoms with Crippen molar-refractivity contribution in [3.8, 4) is 0 Å². The van der Waals surface area contributed by atoms with Crippen LogP contribution in [0.15, 0.2) is 30.3 Å². The minimum Gasteiger partial charge on any atom is -0.461 e. The number of esters is 1. The third-order valence-corrected chi connectivity index (χ3v) is 3.30. The lowest BCUT2D eigenvalue weighted by Crippen LogP contribution is -2.27. The van der Waals surface area contributed by atoms with Crippen molar-refractivity contribution in [2.45, 2.75) is 19.1 Å². The summed E-state index contributed by atoms with van der Waals surface area (Å²) in [4.78, 5) is 22.8. The van der Waals surface area contributed by atoms with Crippen molar-refractivity contribution in [1.82, 2.24) is 5.32 Å². The van der Waals surface area contributed by atoms with Gasteiger partial charge >= 0.3 is 5.97 Å². The Balaban J connectivity index is 1.81. The summed E-state index contributed by atoms with van der Waals surface area (Å²) in [5.41, 5.74) is 0.957. The second-order valence-corrected chi connectivity index (χ2v) is 4.77. The van der Waals surface area contributed by atoms with Gasteiger partial charge in [0.2, 0.25) is 5.12 Å². The monoisotopic (exact) mass is 265 g/mol. The number of carbonyl (C=O) groups excluding carboxylic acids is 2. The van der Waals surface area contributed by atoms with E-state index in [1.807, 2.05) is 30.3 Å². The highest BCUT2D eigenvalue weighted by molar-refractivity contribution is 7.96. The highest BCUT2D eigenvalue weighted by Gasteiger charge is 2.33. The number of benzene rings is 1. The van der Waals surface area contributed by atoms with E-state index >= 15 is 0 Å². The highest BCUT2D eigenvalue weighted by Crippen LogP contribution is 2.17. The van der Waals surface area contributed by atoms with Crippen molar-refractivity contribution < 1.29 is 14.3 Å². The predicted molar refractivity (Wildman–Crippen MR) is 70.1 cm³/mol. The SMILES string of the molecule is O=C(OCc1ccccc1)C1CN[C@H](C(=O)S)C1. The maximum atomic E-state index is 11.8. The molecular formula is C13H15NO3S. The van der Waals surface area contributed by atoms with Crippen LogP contribution in [-0.4, -0.2) is 23.7 Å². The average Bonchev–Trinajstić information content (AvgIpc) is 2.87. The van der Waals surface area contributed by atoms with Gasteiger partial charge in [-0.15, -0.1) is 12.6 Å². The fraction of sp³-hybridized carbons (Fsp3) is 0.385. The molecule has 1 fully saturated rings. The second-order valence-electron chi connectivity index (χ2n) is 4.33. The van der Waals surface area contributed by atoms with Crippen LogP contribution >= 0.6 is 12.6 Å². The van der Waals surface area contributed by atoms with Crippen LogP contribution in [0.3, 0.4) is 0 Å². The molecule has 2 atom stereocenters. The molecule has 1 aliphatic heterocycles. The summed E-state index contributed by atoms with van der Waals surface area (Å²) in [6.07, 6.45) is 0.468. The van der Waals surface area contributed by atoms with Crippen LogP contribution < -0.4 is 5.32 Å². The largest absolute Gasteiger partial charge is 0.461 e. The standard InChI is InChI=1S/C13H15NO3S/c15-12(10-6-11(13(16)18)14-7-10)17-8-9-4-2-1-3-5-9/h1-5,10-11,14H,6-8H2,(H,16,18)/t10?,11-/m0/s1. The third-order valence-electron chi connectivity index (χ3n) is 2.99. The van der Waals surface area contributed by atoms with Crippen LogP contribution in [0.25, 0.3) is 0 Å². The van der Waals surface area contributed by atoms with E-state index in [0.717, 1.165) is 5.56 Å². The van der Waals surface area contributed by atoms with Crippen molar-refractivity contribution in [3.05, 3.63) is 35.9 Å². The first-order chi connectivity index (χ1) is 8.66. The fourth-order valence-corrected chi connectivity index (χ4v) is 2.15. The molecular weight excluding hydrogens is 250 g/mol. The van der Waals surface area contributed by atoms with Crippen LogP contribution in [0.4, 0.5) is 0 Å². The Labute approximate surface area is 111 Å². The number of hydrogen-bond acceptors (Lipinski definition) is 4. The lowest BCUT2D eigenvalue weighted by atomic mass is 10.1. The molecule has 1 aliphatic rings. The van der Waals surface area contributed by atoms with Crippen molar-refractivity contribution in [2.24, 2.45) is 5.92 Å². The lowest BCUT2D eigenvalue weighted by molar-refractivity contribution is -0.149. The molecule has 0 bridgehead atoms. The number of rotatable bonds is 4. The summed E-state index contributed by atoms with van der Waals surface area (Å²) in [5, 5.41) is 2.73. The Morgan fingerprint density at radius 2 is 2.06 bits per heavy atom. The Morgan fingerprint density at radius 3 is 2.67 bits per heavy atom. The molecule has 1 heterocycles. The first kappa shape index (κ1) is 13.1. The smallest absolute Gasteiger partial charge is 0.310 e. The lowest BCUT2D eigenvalue weighted by Gasteiger charge is -2.09. The molecule has 5 heteroatoms. The van der Waals surface area contributed by atoms with E-state index < -0.39 is 0 Å². The number of nitrogens with one attached hydrogen (secondary N) is 1. The van der Waals surface area contributed by atoms with Crippen molar-refractivity contribution in [1.29, 1.82) is 0 Å². The van der Waals surface area contributed by atoms with Gasteiger partial charge < -0.3 is 10.1 Å². The molecule has 0 saturated carbocycles. The van der Waals surface area contributed by atoms with Crippen LogP contribution in [-0.2, 0) is 20.9 Å². The molecule has 1 N–H and O–H groups in total. The van der Waals surface area contributed by atoms with Gasteiger partial charge in [-0.25, -0.2) is 0 Å². The zero-order valence-corrected chi connectivity index (χ0v) is 10.7. The van der Waals surface area contributed by atoms with E-state index in [-0.39, 0.29) is 29.7 Å². The molecule has 0 spiro atoms. The van der Waals surface area contributed by atoms with Gasteiger partial charge in [0, 0.05) is 6.54 Å². The molecule has 2 rings (SSSR count). The molecule has 1 unspecified atom stereocenters. The maximum absolute atomic E-state index is 11.8. The van der Waals surface area contributed by atoms with Crippen LogP contribution in [0.2, 0.25) is 0 Å². The summed E-state index contributed by atoms with van der Waals surface area (Å²) in [6, 6.07) is 9.18. The number of ether oxygens (including phenoxy) is 1. The van der Waals surface area contributed by atoms with Gasteiger partial charge in [-0.05, 0) is 12.0 Å². The Hall–Kier alpha value is -1.33. The van der Waals surface area contributed by atoms with Gasteiger partial charge in [-0.1, -0.05) is 30.3 Å². The van der Waals surface area contributed by atoms with E-state index in [9.17, 15) is 9.59 Å². The molecule has 0 amide bonds. The van der Waals surface area contributed by atoms with Crippen LogP contribution in [0.5, 0.6) is 0 Å². The summed E-state index contributed by atoms with van der Waals surface area (Å²) < 4.78 is 5.22. The van der Waals surface area contributed by atoms with Crippen molar-refractivity contribution in [2.75, 3.05) is 6.54 Å². The minimum absolute atomic E-state index is 0.228. The first-order valence-corrected chi connectivity index (χ1v) is 6.28. The molecule has 0 radical (unpaired) electrons. The van der Waals surface area contributed by atoms with Gasteiger partial charge in [0.05, 0.1) is 12.0 Å². The normalized spacial score (nSPS) is 22.7. The van der Waals surface area contributed by atoms with Crippen molar-refractivity contribution >= 4 is 23.7 Å². The second kappa shape index (κ2) is 6.02. The predicted octanol–water partition coefficient (Wildman–Crippen LogP) is 1.16. The fourth-order valence-electron chi connectivity index (χ4n) is 1.95. The molecule has 0 aromatic heterocycles. The Kier molecular flexibility index (Phi) is 4.38. The zero-order chi connectivity index (χ0) is 13.0. The van der Waals surface area contributed by atoms with E-state index in [4.69, 9.17) is 4.74 Å². The third kappa shape index (κ3) is 3.34. The zero-order valence-electron chi connectivity index (χ0n) is 9.83. The van der Waals surface area contributed by atoms with Gasteiger partial charge in [0.25, 0.3) is 0 Å². The maximum Gasteiger partial charge on any atom is 0.310 e. The molecule has 4 nitrogen and oxygen atoms in total. The topological polar surface area (TPSA) is 55.4 Å². The summed E-state index contributed by atoms with van der Waals surface area (Å²) >= 11 is 3.76. The van der Waals surface area contributed by atoms with Gasteiger partial charge in [0.1, 0.15) is 6.61 Å². The van der Waals surface area contributed by atoms with Crippen LogP contribution in [0, 0.1) is 5.92 Å². The average molecular weight is 265 g/mol. The van der Waals surface area contributed by atoms with Crippen molar-refractivity contribution in [3.63, 3.8) is 0 Å². The molecule has 1 saturated heterocycles. The van der Waals surface area contributed by atoms with Gasteiger partial charge in [0.15, 0.2) is 0 Å². The van der Waals surface area contributed by atoms with E-state index in [2.05, 4.69) is 17.9 Å². The quantitative estimate of drug-likeness (QED) is 0.634. The minimum atomic E-state index is -0.331. The summed E-state index contributed by atoms with van der Waals surface area (Å²) in [5.74, 6) is -0.516. The van der Waals surface area contributed by atoms with E-state index in [1.165, 1.54) is 0 Å². The van der Waals surface area contributed by atoms with E-state index in [1.54, 1.807) is 0 Å². The first-order valence-electron chi connectivity index (χ1n) is 5.83. The molecule has 1 aromatic carbocycles. The molecule has 18 heavy (non-hydrogen) atoms. The number of hydrogen-bond donors (Lipinski definition) is 2. The Bertz CT molecular complexity index is 435. The molecule has 96 valence electrons. The van der Waals surface area contributed by atoms with E-state index in [0.29, 0.717) is 13.0 Å². The van der Waals surface area contributed by atoms with Gasteiger partial charge in [-0.3, -0.25) is 9.59 Å². The number of carbonyl (C=O) groups is 2. The van der Waals surface area contributed by atoms with Gasteiger partial charge in [-0.2, -0.15) is 0 Å². The highest BCUT2D eigenvalue weighted by atomic mass is 32.1. The Morgan fingerprint density at radius 1 is 1.33 bits per heavy atom. The van der Waals surface area contributed by atoms with Crippen LogP contribution in [0.1, 0.15) is 12.0 Å². The number of thiol groups is 1. The summed E-state index contributed by atoms with van der Waals surface area (Å²) in [7, 11) is 0. The summed E-state index contributed by atoms with van der Waals surface area (Å²) in [6.45, 7) is 0.750. The molecule has 0 aliphatic carbocycles.